The van der Waals surface area contributed by atoms with Crippen LogP contribution in [-0.2, 0) is 25.7 Å². The van der Waals surface area contributed by atoms with Gasteiger partial charge in [-0.25, -0.2) is 0 Å². The maximum atomic E-state index is 12.3. The molecule has 1 aliphatic heterocycles. The number of nitrogens with one attached hydrogen (secondary N) is 2. The van der Waals surface area contributed by atoms with Crippen LogP contribution in [0.3, 0.4) is 0 Å². The Morgan fingerprint density at radius 3 is 2.63 bits per heavy atom. The van der Waals surface area contributed by atoms with Crippen LogP contribution in [0.15, 0.2) is 18.2 Å². The number of hydrogen-bond donors (Lipinski definition) is 2. The first-order valence-corrected chi connectivity index (χ1v) is 8.54. The van der Waals surface area contributed by atoms with Gasteiger partial charge in [0.1, 0.15) is 6.04 Å². The molecule has 1 heterocycles. The van der Waals surface area contributed by atoms with Gasteiger partial charge in [-0.05, 0) is 17.7 Å². The Hall–Kier alpha value is -2.81. The maximum absolute atomic E-state index is 12.3. The summed E-state index contributed by atoms with van der Waals surface area (Å²) >= 11 is 0. The molecule has 27 heavy (non-hydrogen) atoms. The molecule has 1 aliphatic rings. The van der Waals surface area contributed by atoms with Crippen LogP contribution in [0.25, 0.3) is 0 Å². The number of carbonyl (C=O) groups is 3. The number of rotatable bonds is 8. The third kappa shape index (κ3) is 5.58. The van der Waals surface area contributed by atoms with E-state index in [9.17, 15) is 14.4 Å². The smallest absolute Gasteiger partial charge is 0.307 e. The molecule has 1 aromatic rings. The fourth-order valence-corrected chi connectivity index (χ4v) is 2.85. The van der Waals surface area contributed by atoms with Crippen molar-refractivity contribution in [1.82, 2.24) is 15.5 Å². The minimum Gasteiger partial charge on any atom is -0.493 e. The van der Waals surface area contributed by atoms with E-state index in [1.54, 1.807) is 31.3 Å². The summed E-state index contributed by atoms with van der Waals surface area (Å²) in [5.41, 5.74) is 0.850. The van der Waals surface area contributed by atoms with Crippen molar-refractivity contribution in [3.05, 3.63) is 23.8 Å². The van der Waals surface area contributed by atoms with Gasteiger partial charge in [-0.2, -0.15) is 0 Å². The Bertz CT molecular complexity index is 694. The molecule has 1 atom stereocenters. The van der Waals surface area contributed by atoms with Gasteiger partial charge in [-0.15, -0.1) is 0 Å². The second-order valence-electron chi connectivity index (χ2n) is 6.02. The van der Waals surface area contributed by atoms with Gasteiger partial charge < -0.3 is 24.8 Å². The van der Waals surface area contributed by atoms with E-state index >= 15 is 0 Å². The van der Waals surface area contributed by atoms with Gasteiger partial charge in [-0.3, -0.25) is 19.3 Å². The van der Waals surface area contributed by atoms with Gasteiger partial charge in [-0.1, -0.05) is 6.07 Å². The van der Waals surface area contributed by atoms with E-state index in [2.05, 4.69) is 15.4 Å². The zero-order valence-electron chi connectivity index (χ0n) is 15.7. The number of hydrogen-bond acceptors (Lipinski definition) is 7. The first-order valence-electron chi connectivity index (χ1n) is 8.54. The molecule has 2 N–H and O–H groups in total. The lowest BCUT2D eigenvalue weighted by molar-refractivity contribution is -0.146. The Labute approximate surface area is 157 Å². The molecule has 0 aromatic heterocycles. The van der Waals surface area contributed by atoms with E-state index in [-0.39, 0.29) is 24.8 Å². The quantitative estimate of drug-likeness (QED) is 0.597. The normalized spacial score (nSPS) is 17.0. The molecule has 9 heteroatoms. The predicted octanol–water partition coefficient (Wildman–Crippen LogP) is -0.316. The van der Waals surface area contributed by atoms with Gasteiger partial charge in [0.25, 0.3) is 0 Å². The van der Waals surface area contributed by atoms with Crippen molar-refractivity contribution in [2.75, 3.05) is 41.0 Å². The lowest BCUT2D eigenvalue weighted by Gasteiger charge is -2.33. The third-order valence-electron chi connectivity index (χ3n) is 4.31. The molecule has 0 saturated carbocycles. The number of benzene rings is 1. The zero-order valence-corrected chi connectivity index (χ0v) is 15.7. The Balaban J connectivity index is 1.93. The van der Waals surface area contributed by atoms with Crippen LogP contribution >= 0.6 is 0 Å². The van der Waals surface area contributed by atoms with Gasteiger partial charge >= 0.3 is 5.97 Å². The summed E-state index contributed by atoms with van der Waals surface area (Å²) in [5, 5.41) is 5.51. The summed E-state index contributed by atoms with van der Waals surface area (Å²) in [4.78, 5) is 37.6. The summed E-state index contributed by atoms with van der Waals surface area (Å²) in [6.07, 6.45) is -0.0920. The molecule has 0 aliphatic carbocycles. The maximum Gasteiger partial charge on any atom is 0.307 e. The van der Waals surface area contributed by atoms with Crippen molar-refractivity contribution in [3.8, 4) is 11.5 Å². The summed E-state index contributed by atoms with van der Waals surface area (Å²) in [7, 11) is 4.37. The second kappa shape index (κ2) is 9.77. The van der Waals surface area contributed by atoms with Crippen LogP contribution in [-0.4, -0.2) is 69.7 Å². The van der Waals surface area contributed by atoms with E-state index in [1.807, 2.05) is 6.07 Å². The van der Waals surface area contributed by atoms with E-state index in [4.69, 9.17) is 9.47 Å². The van der Waals surface area contributed by atoms with Gasteiger partial charge in [0.15, 0.2) is 11.5 Å². The monoisotopic (exact) mass is 379 g/mol. The van der Waals surface area contributed by atoms with Crippen molar-refractivity contribution in [2.45, 2.75) is 19.0 Å². The molecule has 2 amide bonds. The molecule has 2 rings (SSSR count). The molecule has 0 radical (unpaired) electrons. The molecular weight excluding hydrogens is 354 g/mol. The van der Waals surface area contributed by atoms with E-state index in [1.165, 1.54) is 7.11 Å². The highest BCUT2D eigenvalue weighted by molar-refractivity contribution is 5.88. The molecular formula is C18H25N3O6. The third-order valence-corrected chi connectivity index (χ3v) is 4.31. The zero-order chi connectivity index (χ0) is 19.8. The van der Waals surface area contributed by atoms with Gasteiger partial charge in [0.05, 0.1) is 34.3 Å². The summed E-state index contributed by atoms with van der Waals surface area (Å²) in [6.45, 7) is 1.24. The van der Waals surface area contributed by atoms with Crippen LogP contribution in [0.4, 0.5) is 0 Å². The van der Waals surface area contributed by atoms with Crippen molar-refractivity contribution in [2.24, 2.45) is 0 Å². The average Bonchev–Trinajstić information content (AvgIpc) is 2.68. The standard InChI is InChI=1S/C18H25N3O6/c1-25-14-5-4-12(8-15(14)26-2)10-20-16(22)11-21-7-6-19-18(24)13(21)9-17(23)27-3/h4-5,8,13H,6-7,9-11H2,1-3H3,(H,19,24)(H,20,22)/t13-/m0/s1. The van der Waals surface area contributed by atoms with Crippen LogP contribution in [0.2, 0.25) is 0 Å². The van der Waals surface area contributed by atoms with Gasteiger partial charge in [0.2, 0.25) is 11.8 Å². The highest BCUT2D eigenvalue weighted by Gasteiger charge is 2.32. The molecule has 148 valence electrons. The number of methoxy groups -OCH3 is 3. The minimum atomic E-state index is -0.710. The number of ether oxygens (including phenoxy) is 3. The minimum absolute atomic E-state index is 0.0162. The largest absolute Gasteiger partial charge is 0.493 e. The Morgan fingerprint density at radius 1 is 1.22 bits per heavy atom. The molecule has 1 aromatic carbocycles. The SMILES string of the molecule is COC(=O)C[C@H]1C(=O)NCCN1CC(=O)NCc1ccc(OC)c(OC)c1. The molecule has 0 unspecified atom stereocenters. The van der Waals surface area contributed by atoms with E-state index < -0.39 is 12.0 Å². The summed E-state index contributed by atoms with van der Waals surface area (Å²) in [5.74, 6) is 0.175. The fourth-order valence-electron chi connectivity index (χ4n) is 2.85. The predicted molar refractivity (Wildman–Crippen MR) is 96.4 cm³/mol. The number of esters is 1. The lowest BCUT2D eigenvalue weighted by Crippen LogP contribution is -2.57. The van der Waals surface area contributed by atoms with Crippen LogP contribution in [0.1, 0.15) is 12.0 Å². The molecule has 1 fully saturated rings. The molecule has 0 spiro atoms. The lowest BCUT2D eigenvalue weighted by atomic mass is 10.1. The fraction of sp³-hybridized carbons (Fsp3) is 0.500. The number of nitrogens with zero attached hydrogens (tertiary/aromatic N) is 1. The van der Waals surface area contributed by atoms with E-state index in [0.29, 0.717) is 31.1 Å². The van der Waals surface area contributed by atoms with Gasteiger partial charge in [0, 0.05) is 19.6 Å². The number of carbonyl (C=O) groups excluding carboxylic acids is 3. The summed E-state index contributed by atoms with van der Waals surface area (Å²) < 4.78 is 15.1. The Morgan fingerprint density at radius 2 is 1.96 bits per heavy atom. The molecule has 0 bridgehead atoms. The molecule has 9 nitrogen and oxygen atoms in total. The first-order chi connectivity index (χ1) is 13.0. The second-order valence-corrected chi connectivity index (χ2v) is 6.02. The van der Waals surface area contributed by atoms with Crippen molar-refractivity contribution < 1.29 is 28.6 Å². The summed E-state index contributed by atoms with van der Waals surface area (Å²) in [6, 6.07) is 4.67. The van der Waals surface area contributed by atoms with Crippen LogP contribution in [0, 0.1) is 0 Å². The van der Waals surface area contributed by atoms with E-state index in [0.717, 1.165) is 5.56 Å². The van der Waals surface area contributed by atoms with Crippen molar-refractivity contribution in [3.63, 3.8) is 0 Å². The van der Waals surface area contributed by atoms with Crippen LogP contribution in [0.5, 0.6) is 11.5 Å². The highest BCUT2D eigenvalue weighted by atomic mass is 16.5. The first kappa shape index (κ1) is 20.5. The highest BCUT2D eigenvalue weighted by Crippen LogP contribution is 2.27. The van der Waals surface area contributed by atoms with Crippen LogP contribution < -0.4 is 20.1 Å². The number of amides is 2. The topological polar surface area (TPSA) is 106 Å². The van der Waals surface area contributed by atoms with Crippen molar-refractivity contribution in [1.29, 1.82) is 0 Å². The molecule has 1 saturated heterocycles. The van der Waals surface area contributed by atoms with Crippen molar-refractivity contribution >= 4 is 17.8 Å². The average molecular weight is 379 g/mol. The number of piperazine rings is 1. The Kier molecular flexibility index (Phi) is 7.42.